The maximum atomic E-state index is 11.8. The molecule has 1 aliphatic rings. The van der Waals surface area contributed by atoms with Crippen molar-refractivity contribution in [3.63, 3.8) is 0 Å². The molecule has 0 atom stereocenters. The van der Waals surface area contributed by atoms with Crippen molar-refractivity contribution in [2.24, 2.45) is 0 Å². The number of amides is 1. The van der Waals surface area contributed by atoms with Crippen LogP contribution < -0.4 is 10.6 Å². The molecule has 116 valence electrons. The number of thiophene rings is 1. The van der Waals surface area contributed by atoms with E-state index in [2.05, 4.69) is 10.6 Å². The number of nitrogens with zero attached hydrogens (tertiary/aromatic N) is 1. The monoisotopic (exact) mass is 313 g/mol. The van der Waals surface area contributed by atoms with E-state index in [1.165, 1.54) is 11.4 Å². The molecule has 2 N–H and O–H groups in total. The smallest absolute Gasteiger partial charge is 0.324 e. The van der Waals surface area contributed by atoms with Crippen LogP contribution in [0.25, 0.3) is 0 Å². The summed E-state index contributed by atoms with van der Waals surface area (Å²) >= 11 is 0.958. The average Bonchev–Trinajstić information content (AvgIpc) is 2.98. The summed E-state index contributed by atoms with van der Waals surface area (Å²) in [5.41, 5.74) is 0.339. The van der Waals surface area contributed by atoms with E-state index in [0.29, 0.717) is 24.8 Å². The second kappa shape index (κ2) is 8.06. The number of hydrogen-bond donors (Lipinski definition) is 2. The molecular formula is C13H19N3O4S. The lowest BCUT2D eigenvalue weighted by Crippen LogP contribution is -2.33. The van der Waals surface area contributed by atoms with E-state index in [1.807, 2.05) is 0 Å². The molecule has 0 radical (unpaired) electrons. The van der Waals surface area contributed by atoms with Crippen LogP contribution in [-0.4, -0.2) is 43.2 Å². The van der Waals surface area contributed by atoms with Gasteiger partial charge in [-0.1, -0.05) is 11.3 Å². The highest BCUT2D eigenvalue weighted by Gasteiger charge is 2.15. The van der Waals surface area contributed by atoms with E-state index in [9.17, 15) is 14.9 Å². The van der Waals surface area contributed by atoms with Gasteiger partial charge in [0.1, 0.15) is 0 Å². The van der Waals surface area contributed by atoms with Gasteiger partial charge >= 0.3 is 5.00 Å². The van der Waals surface area contributed by atoms with Crippen LogP contribution in [0.4, 0.5) is 5.00 Å². The van der Waals surface area contributed by atoms with Gasteiger partial charge in [-0.05, 0) is 32.4 Å². The highest BCUT2D eigenvalue weighted by molar-refractivity contribution is 7.13. The third-order valence-corrected chi connectivity index (χ3v) is 4.15. The lowest BCUT2D eigenvalue weighted by molar-refractivity contribution is -0.380. The van der Waals surface area contributed by atoms with Crippen LogP contribution in [0, 0.1) is 10.1 Å². The van der Waals surface area contributed by atoms with Gasteiger partial charge in [0.05, 0.1) is 16.6 Å². The summed E-state index contributed by atoms with van der Waals surface area (Å²) < 4.78 is 5.73. The van der Waals surface area contributed by atoms with Crippen molar-refractivity contribution in [2.45, 2.75) is 25.4 Å². The zero-order valence-electron chi connectivity index (χ0n) is 11.7. The molecule has 0 unspecified atom stereocenters. The third kappa shape index (κ3) is 5.07. The Bertz CT molecular complexity index is 486. The number of rotatable bonds is 7. The van der Waals surface area contributed by atoms with Crippen LogP contribution >= 0.6 is 11.3 Å². The maximum absolute atomic E-state index is 11.8. The molecule has 1 aromatic rings. The molecule has 0 aromatic carbocycles. The molecule has 0 aliphatic carbocycles. The fraction of sp³-hybridized carbons (Fsp3) is 0.615. The first-order chi connectivity index (χ1) is 10.2. The molecule has 2 heterocycles. The van der Waals surface area contributed by atoms with Crippen LogP contribution in [0.15, 0.2) is 11.4 Å². The fourth-order valence-electron chi connectivity index (χ4n) is 2.13. The van der Waals surface area contributed by atoms with Crippen molar-refractivity contribution < 1.29 is 14.5 Å². The number of carbonyl (C=O) groups excluding carboxylic acids is 1. The van der Waals surface area contributed by atoms with E-state index in [4.69, 9.17) is 4.74 Å². The summed E-state index contributed by atoms with van der Waals surface area (Å²) in [6.07, 6.45) is 3.12. The van der Waals surface area contributed by atoms with Gasteiger partial charge in [-0.15, -0.1) is 0 Å². The van der Waals surface area contributed by atoms with Gasteiger partial charge in [0, 0.05) is 24.6 Å². The van der Waals surface area contributed by atoms with Gasteiger partial charge in [-0.3, -0.25) is 14.9 Å². The number of nitro groups is 1. The first-order valence-corrected chi connectivity index (χ1v) is 7.88. The molecule has 7 nitrogen and oxygen atoms in total. The minimum absolute atomic E-state index is 0.0191. The Morgan fingerprint density at radius 3 is 2.95 bits per heavy atom. The molecule has 2 rings (SSSR count). The van der Waals surface area contributed by atoms with E-state index in [-0.39, 0.29) is 10.9 Å². The summed E-state index contributed by atoms with van der Waals surface area (Å²) in [5, 5.41) is 18.0. The summed E-state index contributed by atoms with van der Waals surface area (Å²) in [4.78, 5) is 21.8. The van der Waals surface area contributed by atoms with Crippen LogP contribution in [-0.2, 0) is 4.74 Å². The highest BCUT2D eigenvalue weighted by atomic mass is 32.1. The van der Waals surface area contributed by atoms with E-state index >= 15 is 0 Å². The summed E-state index contributed by atoms with van der Waals surface area (Å²) in [6, 6.07) is 1.30. The molecule has 1 aromatic heterocycles. The van der Waals surface area contributed by atoms with Gasteiger partial charge in [-0.2, -0.15) is 0 Å². The molecule has 8 heteroatoms. The molecular weight excluding hydrogens is 294 g/mol. The van der Waals surface area contributed by atoms with Crippen molar-refractivity contribution in [3.8, 4) is 0 Å². The topological polar surface area (TPSA) is 93.5 Å². The predicted molar refractivity (Wildman–Crippen MR) is 79.8 cm³/mol. The van der Waals surface area contributed by atoms with Crippen molar-refractivity contribution in [1.82, 2.24) is 10.6 Å². The number of piperidine rings is 1. The number of nitrogens with one attached hydrogen (secondary N) is 2. The second-order valence-corrected chi connectivity index (χ2v) is 5.75. The summed E-state index contributed by atoms with van der Waals surface area (Å²) in [5.74, 6) is -0.277. The fourth-order valence-corrected chi connectivity index (χ4v) is 2.83. The largest absolute Gasteiger partial charge is 0.378 e. The van der Waals surface area contributed by atoms with E-state index in [1.54, 1.807) is 0 Å². The van der Waals surface area contributed by atoms with E-state index < -0.39 is 4.92 Å². The third-order valence-electron chi connectivity index (χ3n) is 3.27. The van der Waals surface area contributed by atoms with Gasteiger partial charge in [-0.25, -0.2) is 0 Å². The number of carbonyl (C=O) groups is 1. The number of hydrogen-bond acceptors (Lipinski definition) is 6. The van der Waals surface area contributed by atoms with Crippen LogP contribution in [0.3, 0.4) is 0 Å². The Morgan fingerprint density at radius 1 is 1.52 bits per heavy atom. The average molecular weight is 313 g/mol. The summed E-state index contributed by atoms with van der Waals surface area (Å²) in [6.45, 7) is 3.12. The minimum Gasteiger partial charge on any atom is -0.378 e. The zero-order valence-corrected chi connectivity index (χ0v) is 12.5. The molecule has 1 fully saturated rings. The number of ether oxygens (including phenoxy) is 1. The zero-order chi connectivity index (χ0) is 15.1. The van der Waals surface area contributed by atoms with Gasteiger partial charge in [0.25, 0.3) is 5.91 Å². The van der Waals surface area contributed by atoms with Crippen LogP contribution in [0.5, 0.6) is 0 Å². The SMILES string of the molecule is O=C(NCCCOC1CCNCC1)c1csc([N+](=O)[O-])c1. The molecule has 1 amide bonds. The van der Waals surface area contributed by atoms with Gasteiger partial charge < -0.3 is 15.4 Å². The van der Waals surface area contributed by atoms with Gasteiger partial charge in [0.15, 0.2) is 0 Å². The normalized spacial score (nSPS) is 15.8. The Kier molecular flexibility index (Phi) is 6.09. The lowest BCUT2D eigenvalue weighted by Gasteiger charge is -2.22. The van der Waals surface area contributed by atoms with Crippen LogP contribution in [0.1, 0.15) is 29.6 Å². The Labute approximate surface area is 126 Å². The van der Waals surface area contributed by atoms with Gasteiger partial charge in [0.2, 0.25) is 0 Å². The van der Waals surface area contributed by atoms with E-state index in [0.717, 1.165) is 43.7 Å². The molecule has 21 heavy (non-hydrogen) atoms. The minimum atomic E-state index is -0.492. The molecule has 1 aliphatic heterocycles. The highest BCUT2D eigenvalue weighted by Crippen LogP contribution is 2.22. The van der Waals surface area contributed by atoms with Crippen molar-refractivity contribution in [2.75, 3.05) is 26.2 Å². The molecule has 1 saturated heterocycles. The molecule has 0 saturated carbocycles. The Balaban J connectivity index is 1.61. The van der Waals surface area contributed by atoms with Crippen LogP contribution in [0.2, 0.25) is 0 Å². The first kappa shape index (κ1) is 15.9. The molecule has 0 spiro atoms. The van der Waals surface area contributed by atoms with Crippen molar-refractivity contribution >= 4 is 22.2 Å². The van der Waals surface area contributed by atoms with Crippen molar-refractivity contribution in [3.05, 3.63) is 27.1 Å². The quantitative estimate of drug-likeness (QED) is 0.452. The first-order valence-electron chi connectivity index (χ1n) is 7.00. The van der Waals surface area contributed by atoms with Crippen molar-refractivity contribution in [1.29, 1.82) is 0 Å². The Hall–Kier alpha value is -1.51. The predicted octanol–water partition coefficient (Wildman–Crippen LogP) is 1.54. The standard InChI is InChI=1S/C13H19N3O4S/c17-13(10-8-12(16(18)19)21-9-10)15-4-1-7-20-11-2-5-14-6-3-11/h8-9,11,14H,1-7H2,(H,15,17). The Morgan fingerprint density at radius 2 is 2.29 bits per heavy atom. The lowest BCUT2D eigenvalue weighted by atomic mass is 10.1. The second-order valence-electron chi connectivity index (χ2n) is 4.86. The molecule has 0 bridgehead atoms. The maximum Gasteiger partial charge on any atom is 0.324 e. The summed E-state index contributed by atoms with van der Waals surface area (Å²) in [7, 11) is 0.